The van der Waals surface area contributed by atoms with Gasteiger partial charge in [-0.05, 0) is 67.8 Å². The van der Waals surface area contributed by atoms with Crippen LogP contribution in [0, 0.1) is 11.3 Å². The Hall–Kier alpha value is -5.01. The lowest BCUT2D eigenvalue weighted by Gasteiger charge is -2.27. The van der Waals surface area contributed by atoms with Crippen LogP contribution in [0.15, 0.2) is 78.2 Å². The fourth-order valence-corrected chi connectivity index (χ4v) is 5.04. The van der Waals surface area contributed by atoms with E-state index in [2.05, 4.69) is 27.0 Å². The minimum absolute atomic E-state index is 0.230. The molecule has 4 rings (SSSR count). The number of alkyl carbamates (subject to hydrolysis) is 1. The molecule has 0 fully saturated rings. The number of aromatic nitrogens is 1. The van der Waals surface area contributed by atoms with Crippen molar-refractivity contribution in [1.82, 2.24) is 15.6 Å². The van der Waals surface area contributed by atoms with Crippen molar-refractivity contribution in [2.24, 2.45) is 0 Å². The van der Waals surface area contributed by atoms with E-state index in [9.17, 15) is 19.6 Å². The van der Waals surface area contributed by atoms with Crippen LogP contribution in [0.3, 0.4) is 0 Å². The van der Waals surface area contributed by atoms with E-state index >= 15 is 0 Å². The molecule has 0 aliphatic heterocycles. The molecule has 1 aromatic heterocycles. The van der Waals surface area contributed by atoms with Crippen LogP contribution in [0.5, 0.6) is 0 Å². The van der Waals surface area contributed by atoms with Gasteiger partial charge in [-0.15, -0.1) is 11.3 Å². The van der Waals surface area contributed by atoms with Crippen LogP contribution >= 0.6 is 11.3 Å². The Bertz CT molecular complexity index is 1710. The Balaban J connectivity index is 1.33. The summed E-state index contributed by atoms with van der Waals surface area (Å²) in [7, 11) is 0. The first-order valence-electron chi connectivity index (χ1n) is 14.0. The number of carbonyl (C=O) groups excluding carboxylic acids is 3. The van der Waals surface area contributed by atoms with E-state index in [1.54, 1.807) is 45.0 Å². The third-order valence-corrected chi connectivity index (χ3v) is 7.38. The predicted octanol–water partition coefficient (Wildman–Crippen LogP) is 6.52. The van der Waals surface area contributed by atoms with Gasteiger partial charge < -0.3 is 20.7 Å². The Morgan fingerprint density at radius 3 is 2.30 bits per heavy atom. The highest BCUT2D eigenvalue weighted by molar-refractivity contribution is 7.14. The Labute approximate surface area is 261 Å². The third kappa shape index (κ3) is 8.75. The second kappa shape index (κ2) is 13.5. The summed E-state index contributed by atoms with van der Waals surface area (Å²) < 4.78 is 5.32. The zero-order valence-corrected chi connectivity index (χ0v) is 26.2. The summed E-state index contributed by atoms with van der Waals surface area (Å²) in [5.74, 6) is -0.797. The van der Waals surface area contributed by atoms with Gasteiger partial charge in [0.25, 0.3) is 5.91 Å². The standard InChI is InChI=1S/C34H35N5O4S/c1-33(2,3)43-32(42)37-21-34(4,5)27-14-8-13-26(17-27)30(41)36-19-29(40)39-31-38-28(20-44-31)25-12-7-11-24(16-25)23-10-6-9-22(15-23)18-35/h6-17,20H,19,21H2,1-5H3,(H,36,41)(H,37,42)(H,38,39,40). The molecule has 0 saturated heterocycles. The molecule has 44 heavy (non-hydrogen) atoms. The quantitative estimate of drug-likeness (QED) is 0.198. The normalized spacial score (nSPS) is 11.3. The van der Waals surface area contributed by atoms with E-state index in [4.69, 9.17) is 4.74 Å². The molecule has 3 aromatic carbocycles. The number of nitriles is 1. The van der Waals surface area contributed by atoms with Gasteiger partial charge in [-0.3, -0.25) is 9.59 Å². The fraction of sp³-hybridized carbons (Fsp3) is 0.265. The maximum Gasteiger partial charge on any atom is 0.407 e. The monoisotopic (exact) mass is 609 g/mol. The largest absolute Gasteiger partial charge is 0.444 e. The zero-order chi connectivity index (χ0) is 31.9. The van der Waals surface area contributed by atoms with Crippen LogP contribution < -0.4 is 16.0 Å². The topological polar surface area (TPSA) is 133 Å². The number of nitrogens with zero attached hydrogens (tertiary/aromatic N) is 2. The molecule has 1 heterocycles. The van der Waals surface area contributed by atoms with Crippen molar-refractivity contribution in [3.8, 4) is 28.5 Å². The van der Waals surface area contributed by atoms with E-state index in [0.29, 0.717) is 28.5 Å². The SMILES string of the molecule is CC(C)(C)OC(=O)NCC(C)(C)c1cccc(C(=O)NCC(=O)Nc2nc(-c3cccc(-c4cccc(C#N)c4)c3)cs2)c1. The number of hydrogen-bond acceptors (Lipinski definition) is 7. The average molecular weight is 610 g/mol. The Morgan fingerprint density at radius 1 is 0.886 bits per heavy atom. The van der Waals surface area contributed by atoms with Gasteiger partial charge in [0.2, 0.25) is 5.91 Å². The van der Waals surface area contributed by atoms with E-state index in [1.807, 2.05) is 67.8 Å². The highest BCUT2D eigenvalue weighted by atomic mass is 32.1. The number of anilines is 1. The van der Waals surface area contributed by atoms with Crippen molar-refractivity contribution in [2.75, 3.05) is 18.4 Å². The van der Waals surface area contributed by atoms with Gasteiger partial charge in [-0.1, -0.05) is 56.3 Å². The smallest absolute Gasteiger partial charge is 0.407 e. The molecule has 0 aliphatic rings. The molecule has 3 amide bonds. The first-order chi connectivity index (χ1) is 20.8. The highest BCUT2D eigenvalue weighted by Gasteiger charge is 2.24. The molecule has 0 aliphatic carbocycles. The van der Waals surface area contributed by atoms with Crippen molar-refractivity contribution >= 4 is 34.4 Å². The maximum absolute atomic E-state index is 12.9. The molecule has 0 unspecified atom stereocenters. The summed E-state index contributed by atoms with van der Waals surface area (Å²) in [4.78, 5) is 42.1. The number of ether oxygens (including phenoxy) is 1. The summed E-state index contributed by atoms with van der Waals surface area (Å²) in [6, 6.07) is 24.4. The average Bonchev–Trinajstić information content (AvgIpc) is 3.46. The van der Waals surface area contributed by atoms with Crippen LogP contribution in [-0.2, 0) is 14.9 Å². The molecule has 0 spiro atoms. The van der Waals surface area contributed by atoms with Gasteiger partial charge in [0.05, 0.1) is 23.9 Å². The number of amides is 3. The van der Waals surface area contributed by atoms with Gasteiger partial charge >= 0.3 is 6.09 Å². The first kappa shape index (κ1) is 31.9. The van der Waals surface area contributed by atoms with E-state index in [0.717, 1.165) is 22.3 Å². The van der Waals surface area contributed by atoms with E-state index in [-0.39, 0.29) is 6.54 Å². The molecule has 0 bridgehead atoms. The Morgan fingerprint density at radius 2 is 1.57 bits per heavy atom. The third-order valence-electron chi connectivity index (χ3n) is 6.62. The van der Waals surface area contributed by atoms with Gasteiger partial charge in [-0.25, -0.2) is 9.78 Å². The summed E-state index contributed by atoms with van der Waals surface area (Å²) in [6.45, 7) is 9.39. The van der Waals surface area contributed by atoms with Gasteiger partial charge in [0, 0.05) is 28.5 Å². The number of carbonyl (C=O) groups is 3. The second-order valence-corrected chi connectivity index (χ2v) is 12.7. The van der Waals surface area contributed by atoms with Crippen molar-refractivity contribution in [3.63, 3.8) is 0 Å². The van der Waals surface area contributed by atoms with Crippen molar-refractivity contribution in [2.45, 2.75) is 45.6 Å². The van der Waals surface area contributed by atoms with Crippen molar-refractivity contribution in [3.05, 3.63) is 94.9 Å². The summed E-state index contributed by atoms with van der Waals surface area (Å²) >= 11 is 1.29. The molecular formula is C34H35N5O4S. The van der Waals surface area contributed by atoms with Gasteiger partial charge in [0.1, 0.15) is 5.60 Å². The molecule has 4 aromatic rings. The minimum atomic E-state index is -0.598. The van der Waals surface area contributed by atoms with Gasteiger partial charge in [-0.2, -0.15) is 5.26 Å². The molecule has 10 heteroatoms. The van der Waals surface area contributed by atoms with Crippen LogP contribution in [-0.4, -0.2) is 41.6 Å². The lowest BCUT2D eigenvalue weighted by atomic mass is 9.84. The molecule has 226 valence electrons. The summed E-state index contributed by atoms with van der Waals surface area (Å²) in [5.41, 5.74) is 4.22. The van der Waals surface area contributed by atoms with Crippen LogP contribution in [0.1, 0.15) is 56.1 Å². The van der Waals surface area contributed by atoms with E-state index < -0.39 is 28.9 Å². The number of hydrogen-bond donors (Lipinski definition) is 3. The molecule has 0 radical (unpaired) electrons. The van der Waals surface area contributed by atoms with Crippen molar-refractivity contribution in [1.29, 1.82) is 5.26 Å². The number of nitrogens with one attached hydrogen (secondary N) is 3. The minimum Gasteiger partial charge on any atom is -0.444 e. The Kier molecular flexibility index (Phi) is 9.81. The molecule has 3 N–H and O–H groups in total. The molecular weight excluding hydrogens is 574 g/mol. The lowest BCUT2D eigenvalue weighted by Crippen LogP contribution is -2.40. The first-order valence-corrected chi connectivity index (χ1v) is 14.9. The fourth-order valence-electron chi connectivity index (χ4n) is 4.31. The number of thiazole rings is 1. The predicted molar refractivity (Wildman–Crippen MR) is 172 cm³/mol. The molecule has 0 saturated carbocycles. The zero-order valence-electron chi connectivity index (χ0n) is 25.4. The van der Waals surface area contributed by atoms with Crippen LogP contribution in [0.25, 0.3) is 22.4 Å². The lowest BCUT2D eigenvalue weighted by molar-refractivity contribution is -0.115. The molecule has 9 nitrogen and oxygen atoms in total. The molecule has 0 atom stereocenters. The summed E-state index contributed by atoms with van der Waals surface area (Å²) in [6.07, 6.45) is -0.506. The summed E-state index contributed by atoms with van der Waals surface area (Å²) in [5, 5.41) is 19.7. The maximum atomic E-state index is 12.9. The van der Waals surface area contributed by atoms with Gasteiger partial charge in [0.15, 0.2) is 5.13 Å². The van der Waals surface area contributed by atoms with Crippen LogP contribution in [0.2, 0.25) is 0 Å². The highest BCUT2D eigenvalue weighted by Crippen LogP contribution is 2.29. The number of rotatable bonds is 9. The van der Waals surface area contributed by atoms with Crippen LogP contribution in [0.4, 0.5) is 9.93 Å². The van der Waals surface area contributed by atoms with Crippen molar-refractivity contribution < 1.29 is 19.1 Å². The number of benzene rings is 3. The van der Waals surface area contributed by atoms with E-state index in [1.165, 1.54) is 11.3 Å². The second-order valence-electron chi connectivity index (χ2n) is 11.9.